The molecular weight excluding hydrogens is 464 g/mol. The summed E-state index contributed by atoms with van der Waals surface area (Å²) in [7, 11) is 0. The third-order valence-corrected chi connectivity index (χ3v) is 6.80. The molecule has 1 aromatic heterocycles. The smallest absolute Gasteiger partial charge is 0.419 e. The summed E-state index contributed by atoms with van der Waals surface area (Å²) in [6.45, 7) is 3.22. The molecule has 10 heteroatoms. The zero-order valence-corrected chi connectivity index (χ0v) is 18.4. The number of fused-ring (bicyclic) bond motifs is 2. The molecule has 3 aromatic rings. The number of alkyl halides is 3. The quantitative estimate of drug-likeness (QED) is 0.360. The van der Waals surface area contributed by atoms with Crippen LogP contribution < -0.4 is 10.9 Å². The van der Waals surface area contributed by atoms with E-state index >= 15 is 0 Å². The number of anilines is 1. The first-order valence-electron chi connectivity index (χ1n) is 10.3. The Morgan fingerprint density at radius 1 is 1.27 bits per heavy atom. The van der Waals surface area contributed by atoms with E-state index in [0.29, 0.717) is 5.56 Å². The molecule has 0 spiro atoms. The molecule has 1 aliphatic rings. The Hall–Kier alpha value is -2.78. The maximum atomic E-state index is 14.3. The van der Waals surface area contributed by atoms with Gasteiger partial charge in [0.2, 0.25) is 5.56 Å². The van der Waals surface area contributed by atoms with E-state index in [0.717, 1.165) is 18.2 Å². The molecule has 0 saturated heterocycles. The van der Waals surface area contributed by atoms with Crippen LogP contribution in [0.5, 0.6) is 5.75 Å². The lowest BCUT2D eigenvalue weighted by Crippen LogP contribution is -2.55. The number of aromatic nitrogens is 1. The molecule has 1 aliphatic carbocycles. The number of phenolic OH excluding ortho intramolecular Hbond substituents is 1. The van der Waals surface area contributed by atoms with Crippen molar-refractivity contribution in [3.63, 3.8) is 0 Å². The number of pyridine rings is 1. The number of phenols is 1. The fourth-order valence-corrected chi connectivity index (χ4v) is 4.84. The van der Waals surface area contributed by atoms with E-state index in [1.807, 2.05) is 0 Å². The number of benzene rings is 2. The van der Waals surface area contributed by atoms with Crippen LogP contribution in [0.15, 0.2) is 35.1 Å². The van der Waals surface area contributed by atoms with Crippen LogP contribution in [0, 0.1) is 12.7 Å². The van der Waals surface area contributed by atoms with Crippen LogP contribution in [0.4, 0.5) is 23.2 Å². The lowest BCUT2D eigenvalue weighted by atomic mass is 9.68. The van der Waals surface area contributed by atoms with Crippen molar-refractivity contribution in [2.45, 2.75) is 50.4 Å². The first-order valence-corrected chi connectivity index (χ1v) is 10.6. The molecular formula is C23H21ClF4N2O3. The van der Waals surface area contributed by atoms with Gasteiger partial charge in [0.25, 0.3) is 0 Å². The van der Waals surface area contributed by atoms with E-state index in [9.17, 15) is 32.6 Å². The summed E-state index contributed by atoms with van der Waals surface area (Å²) < 4.78 is 57.2. The van der Waals surface area contributed by atoms with Crippen LogP contribution in [0.25, 0.3) is 10.9 Å². The minimum atomic E-state index is -5.06. The number of H-pyrrole nitrogens is 1. The van der Waals surface area contributed by atoms with Gasteiger partial charge in [0.1, 0.15) is 11.6 Å². The number of rotatable bonds is 3. The number of aromatic amines is 1. The zero-order chi connectivity index (χ0) is 24.3. The second-order valence-corrected chi connectivity index (χ2v) is 8.79. The van der Waals surface area contributed by atoms with Crippen molar-refractivity contribution in [3.05, 3.63) is 68.2 Å². The number of nitrogens with one attached hydrogen (secondary N) is 2. The van der Waals surface area contributed by atoms with Crippen molar-refractivity contribution in [1.82, 2.24) is 4.98 Å². The summed E-state index contributed by atoms with van der Waals surface area (Å²) in [5.41, 5.74) is -3.18. The van der Waals surface area contributed by atoms with Crippen LogP contribution in [0.2, 0.25) is 5.02 Å². The molecule has 0 aliphatic heterocycles. The van der Waals surface area contributed by atoms with E-state index in [2.05, 4.69) is 10.3 Å². The van der Waals surface area contributed by atoms with Crippen LogP contribution in [0.3, 0.4) is 0 Å². The molecule has 3 atom stereocenters. The summed E-state index contributed by atoms with van der Waals surface area (Å²) in [4.78, 5) is 14.1. The molecule has 4 rings (SSSR count). The highest BCUT2D eigenvalue weighted by atomic mass is 35.5. The Bertz CT molecular complexity index is 1310. The second-order valence-electron chi connectivity index (χ2n) is 8.38. The highest BCUT2D eigenvalue weighted by molar-refractivity contribution is 6.31. The number of aromatic hydroxyl groups is 1. The summed E-state index contributed by atoms with van der Waals surface area (Å²) >= 11 is 6.20. The maximum Gasteiger partial charge on any atom is 0.419 e. The summed E-state index contributed by atoms with van der Waals surface area (Å²) in [6, 6.07) is 4.03. The Morgan fingerprint density at radius 3 is 2.61 bits per heavy atom. The van der Waals surface area contributed by atoms with Gasteiger partial charge in [0, 0.05) is 33.3 Å². The molecule has 2 aromatic carbocycles. The Labute approximate surface area is 191 Å². The first kappa shape index (κ1) is 23.4. The van der Waals surface area contributed by atoms with Gasteiger partial charge >= 0.3 is 6.18 Å². The van der Waals surface area contributed by atoms with Gasteiger partial charge in [-0.05, 0) is 55.5 Å². The predicted octanol–water partition coefficient (Wildman–Crippen LogP) is 5.68. The molecule has 0 saturated carbocycles. The third-order valence-electron chi connectivity index (χ3n) is 6.40. The van der Waals surface area contributed by atoms with Gasteiger partial charge < -0.3 is 20.5 Å². The third kappa shape index (κ3) is 3.73. The molecule has 0 unspecified atom stereocenters. The van der Waals surface area contributed by atoms with Crippen LogP contribution in [0.1, 0.15) is 48.4 Å². The van der Waals surface area contributed by atoms with Crippen molar-refractivity contribution in [3.8, 4) is 5.75 Å². The molecule has 0 radical (unpaired) electrons. The topological polar surface area (TPSA) is 85.4 Å². The van der Waals surface area contributed by atoms with Crippen molar-refractivity contribution >= 4 is 28.2 Å². The van der Waals surface area contributed by atoms with E-state index in [-0.39, 0.29) is 44.9 Å². The van der Waals surface area contributed by atoms with Gasteiger partial charge in [-0.2, -0.15) is 13.2 Å². The summed E-state index contributed by atoms with van der Waals surface area (Å²) in [5.74, 6) is -1.82. The van der Waals surface area contributed by atoms with Crippen molar-refractivity contribution < 1.29 is 27.8 Å². The standard InChI is InChI=1S/C23H21ClF4N2O3/c1-3-11-9-22(33,23(26,27)28)21(14-8-15(24)10(2)20(32)19(11)14)30-17-7-12(25)6-16-13(17)4-5-18(31)29-16/h4-8,11,21,30,32-33H,3,9H2,1-2H3,(H,29,31)/t11-,21+,22-/m0/s1. The fraction of sp³-hybridized carbons (Fsp3) is 0.348. The fourth-order valence-electron chi connectivity index (χ4n) is 4.63. The van der Waals surface area contributed by atoms with Gasteiger partial charge in [-0.15, -0.1) is 0 Å². The van der Waals surface area contributed by atoms with Crippen molar-refractivity contribution in [2.75, 3.05) is 5.32 Å². The number of aliphatic hydroxyl groups is 1. The summed E-state index contributed by atoms with van der Waals surface area (Å²) in [5, 5.41) is 24.7. The lowest BCUT2D eigenvalue weighted by Gasteiger charge is -2.46. The van der Waals surface area contributed by atoms with E-state index in [1.54, 1.807) is 13.8 Å². The van der Waals surface area contributed by atoms with Crippen molar-refractivity contribution in [1.29, 1.82) is 0 Å². The zero-order valence-electron chi connectivity index (χ0n) is 17.6. The Kier molecular flexibility index (Phi) is 5.61. The van der Waals surface area contributed by atoms with E-state index in [4.69, 9.17) is 11.6 Å². The molecule has 0 bridgehead atoms. The van der Waals surface area contributed by atoms with Crippen LogP contribution >= 0.6 is 11.6 Å². The van der Waals surface area contributed by atoms with Gasteiger partial charge in [-0.25, -0.2) is 4.39 Å². The minimum Gasteiger partial charge on any atom is -0.507 e. The highest BCUT2D eigenvalue weighted by Gasteiger charge is 2.62. The molecule has 33 heavy (non-hydrogen) atoms. The van der Waals surface area contributed by atoms with Gasteiger partial charge in [0.15, 0.2) is 5.60 Å². The van der Waals surface area contributed by atoms with E-state index in [1.165, 1.54) is 12.1 Å². The maximum absolute atomic E-state index is 14.3. The number of halogens is 5. The highest BCUT2D eigenvalue weighted by Crippen LogP contribution is 2.56. The average Bonchev–Trinajstić information content (AvgIpc) is 2.72. The molecule has 0 amide bonds. The molecule has 4 N–H and O–H groups in total. The second kappa shape index (κ2) is 7.92. The van der Waals surface area contributed by atoms with E-state index < -0.39 is 41.5 Å². The molecule has 0 fully saturated rings. The molecule has 5 nitrogen and oxygen atoms in total. The summed E-state index contributed by atoms with van der Waals surface area (Å²) in [6.07, 6.45) is -5.53. The SMILES string of the molecule is CC[C@H]1C[C@@](O)(C(F)(F)F)[C@H](Nc2cc(F)cc3[nH]c(=O)ccc23)c2cc(Cl)c(C)c(O)c21. The van der Waals surface area contributed by atoms with Crippen molar-refractivity contribution in [2.24, 2.45) is 0 Å². The van der Waals surface area contributed by atoms with Gasteiger partial charge in [0.05, 0.1) is 11.6 Å². The predicted molar refractivity (Wildman–Crippen MR) is 117 cm³/mol. The lowest BCUT2D eigenvalue weighted by molar-refractivity contribution is -0.272. The molecule has 1 heterocycles. The molecule has 176 valence electrons. The average molecular weight is 485 g/mol. The van der Waals surface area contributed by atoms with Crippen LogP contribution in [-0.4, -0.2) is 27.0 Å². The van der Waals surface area contributed by atoms with Gasteiger partial charge in [-0.1, -0.05) is 18.5 Å². The minimum absolute atomic E-state index is 0.0251. The Morgan fingerprint density at radius 2 is 1.97 bits per heavy atom. The number of hydrogen-bond donors (Lipinski definition) is 4. The number of hydrogen-bond acceptors (Lipinski definition) is 4. The van der Waals surface area contributed by atoms with Crippen LogP contribution in [-0.2, 0) is 0 Å². The van der Waals surface area contributed by atoms with Gasteiger partial charge in [-0.3, -0.25) is 4.79 Å². The normalized spacial score (nSPS) is 22.9. The monoisotopic (exact) mass is 484 g/mol. The first-order chi connectivity index (χ1) is 15.4. The largest absolute Gasteiger partial charge is 0.507 e. The Balaban J connectivity index is 1.99.